The van der Waals surface area contributed by atoms with Crippen molar-refractivity contribution in [3.05, 3.63) is 0 Å². The topological polar surface area (TPSA) is 139 Å². The number of hydrogen-bond donors (Lipinski definition) is 3. The van der Waals surface area contributed by atoms with Gasteiger partial charge in [0.05, 0.1) is 6.02 Å². The van der Waals surface area contributed by atoms with Crippen LogP contribution in [0, 0.1) is 11.3 Å². The zero-order valence-corrected chi connectivity index (χ0v) is 19.3. The fourth-order valence-electron chi connectivity index (χ4n) is 2.87. The summed E-state index contributed by atoms with van der Waals surface area (Å²) in [5, 5.41) is 13.1. The number of aliphatic imine (C=N–C) groups is 1. The Balaban J connectivity index is 0. The molecule has 0 spiro atoms. The summed E-state index contributed by atoms with van der Waals surface area (Å²) in [7, 11) is -3.70. The first-order chi connectivity index (χ1) is 11.5. The maximum atomic E-state index is 11.9. The van der Waals surface area contributed by atoms with Crippen LogP contribution in [0.25, 0.3) is 0 Å². The van der Waals surface area contributed by atoms with Crippen LogP contribution in [0.2, 0.25) is 0 Å². The molecule has 0 bridgehead atoms. The van der Waals surface area contributed by atoms with Crippen molar-refractivity contribution in [2.75, 3.05) is 6.16 Å². The molecular weight excluding hydrogens is 370 g/mol. The van der Waals surface area contributed by atoms with Gasteiger partial charge in [0.15, 0.2) is 0 Å². The maximum absolute atomic E-state index is 11.9. The van der Waals surface area contributed by atoms with Gasteiger partial charge < -0.3 is 20.2 Å². The van der Waals surface area contributed by atoms with Crippen molar-refractivity contribution in [1.29, 1.82) is 0 Å². The fraction of sp³-hybridized carbons (Fsp3) is 0.812. The number of hydrogen-bond acceptors (Lipinski definition) is 4. The van der Waals surface area contributed by atoms with Gasteiger partial charge in [-0.3, -0.25) is 14.2 Å². The van der Waals surface area contributed by atoms with Crippen molar-refractivity contribution in [3.8, 4) is 0 Å². The molecule has 2 unspecified atom stereocenters. The Bertz CT molecular complexity index is 537. The number of carbonyl (C=O) groups excluding carboxylic acids is 2. The molecule has 0 radical (unpaired) electrons. The number of carbonyl (C=O) groups is 2. The average Bonchev–Trinajstić information content (AvgIpc) is 2.47. The van der Waals surface area contributed by atoms with Crippen molar-refractivity contribution in [1.82, 2.24) is 5.32 Å². The second kappa shape index (κ2) is 13.0. The average molecular weight is 400 g/mol. The molecule has 0 saturated carbocycles. The van der Waals surface area contributed by atoms with E-state index < -0.39 is 30.8 Å². The van der Waals surface area contributed by atoms with Crippen LogP contribution in [0.1, 0.15) is 66.2 Å². The third kappa shape index (κ3) is 8.63. The SMILES string of the molecule is CCCC(C)C1(CC)C(=O)N=C([O-])NC1=O.CCCCCP(=O)(O)O.[Na+]. The van der Waals surface area contributed by atoms with Crippen LogP contribution in [0.3, 0.4) is 0 Å². The molecule has 1 aliphatic heterocycles. The molecule has 0 saturated heterocycles. The van der Waals surface area contributed by atoms with Crippen LogP contribution in [0.5, 0.6) is 0 Å². The van der Waals surface area contributed by atoms with Crippen LogP contribution in [-0.4, -0.2) is 33.8 Å². The van der Waals surface area contributed by atoms with Crippen molar-refractivity contribution in [3.63, 3.8) is 0 Å². The van der Waals surface area contributed by atoms with Gasteiger partial charge in [-0.15, -0.1) is 0 Å². The zero-order chi connectivity index (χ0) is 19.7. The zero-order valence-electron chi connectivity index (χ0n) is 16.4. The Labute approximate surface area is 177 Å². The number of nitrogens with zero attached hydrogens (tertiary/aromatic N) is 1. The van der Waals surface area contributed by atoms with Gasteiger partial charge in [0, 0.05) is 6.16 Å². The summed E-state index contributed by atoms with van der Waals surface area (Å²) in [4.78, 5) is 43.8. The molecule has 1 rings (SSSR count). The van der Waals surface area contributed by atoms with E-state index in [-0.39, 0.29) is 41.6 Å². The van der Waals surface area contributed by atoms with Gasteiger partial charge in [0.1, 0.15) is 5.41 Å². The van der Waals surface area contributed by atoms with Gasteiger partial charge in [-0.25, -0.2) is 4.99 Å². The number of nitrogens with one attached hydrogen (secondary N) is 1. The molecule has 26 heavy (non-hydrogen) atoms. The van der Waals surface area contributed by atoms with E-state index >= 15 is 0 Å². The molecule has 10 heteroatoms. The first kappa shape index (κ1) is 28.0. The molecule has 0 aliphatic carbocycles. The molecule has 146 valence electrons. The van der Waals surface area contributed by atoms with E-state index in [0.717, 1.165) is 25.7 Å². The van der Waals surface area contributed by atoms with E-state index in [4.69, 9.17) is 9.79 Å². The van der Waals surface area contributed by atoms with E-state index in [2.05, 4.69) is 10.3 Å². The third-order valence-corrected chi connectivity index (χ3v) is 5.28. The Morgan fingerprint density at radius 3 is 2.15 bits per heavy atom. The smallest absolute Gasteiger partial charge is 0.846 e. The minimum Gasteiger partial charge on any atom is -0.846 e. The molecule has 0 fully saturated rings. The van der Waals surface area contributed by atoms with Gasteiger partial charge >= 0.3 is 37.2 Å². The van der Waals surface area contributed by atoms with Gasteiger partial charge in [0.25, 0.3) is 5.91 Å². The minimum absolute atomic E-state index is 0. The molecule has 1 aliphatic rings. The molecule has 0 aromatic rings. The minimum atomic E-state index is -3.70. The van der Waals surface area contributed by atoms with E-state index in [1.54, 1.807) is 6.92 Å². The van der Waals surface area contributed by atoms with Crippen LogP contribution >= 0.6 is 7.60 Å². The summed E-state index contributed by atoms with van der Waals surface area (Å²) in [6.07, 6.45) is 4.61. The van der Waals surface area contributed by atoms with Crippen LogP contribution in [-0.2, 0) is 14.2 Å². The van der Waals surface area contributed by atoms with Crippen molar-refractivity contribution in [2.24, 2.45) is 16.3 Å². The Morgan fingerprint density at radius 1 is 1.19 bits per heavy atom. The van der Waals surface area contributed by atoms with E-state index in [9.17, 15) is 19.3 Å². The predicted octanol–water partition coefficient (Wildman–Crippen LogP) is -1.45. The summed E-state index contributed by atoms with van der Waals surface area (Å²) < 4.78 is 10.2. The Kier molecular flexibility index (Phi) is 14.0. The summed E-state index contributed by atoms with van der Waals surface area (Å²) in [5.74, 6) is -1.20. The first-order valence-corrected chi connectivity index (χ1v) is 10.5. The van der Waals surface area contributed by atoms with E-state index in [1.165, 1.54) is 0 Å². The standard InChI is InChI=1S/C11H18N2O3.C5H13O3P.Na/c1-4-6-7(3)11(5-2)8(14)12-10(16)13-9(11)15;1-2-3-4-5-9(6,7)8;/h7H,4-6H2,1-3H3,(H2,12,13,14,15,16);2-5H2,1H3,(H2,6,7,8);/q;;+1/p-1. The first-order valence-electron chi connectivity index (χ1n) is 8.71. The molecular formula is C16H30N2NaO6P. The Morgan fingerprint density at radius 2 is 1.77 bits per heavy atom. The largest absolute Gasteiger partial charge is 1.00 e. The number of unbranched alkanes of at least 4 members (excludes halogenated alkanes) is 2. The molecule has 3 N–H and O–H groups in total. The quantitative estimate of drug-likeness (QED) is 0.197. The van der Waals surface area contributed by atoms with Crippen LogP contribution < -0.4 is 40.0 Å². The van der Waals surface area contributed by atoms with Gasteiger partial charge in [0.2, 0.25) is 5.91 Å². The molecule has 1 heterocycles. The maximum Gasteiger partial charge on any atom is 1.00 e. The summed E-state index contributed by atoms with van der Waals surface area (Å²) >= 11 is 0. The monoisotopic (exact) mass is 400 g/mol. The van der Waals surface area contributed by atoms with Crippen molar-refractivity contribution < 1.29 is 58.6 Å². The summed E-state index contributed by atoms with van der Waals surface area (Å²) in [5.41, 5.74) is -1.15. The molecule has 2 amide bonds. The fourth-order valence-corrected chi connectivity index (χ4v) is 3.50. The molecule has 8 nitrogen and oxygen atoms in total. The van der Waals surface area contributed by atoms with Crippen molar-refractivity contribution >= 4 is 25.4 Å². The van der Waals surface area contributed by atoms with Gasteiger partial charge in [-0.1, -0.05) is 47.0 Å². The number of rotatable bonds is 8. The number of amidine groups is 1. The Hall–Kier alpha value is -0.240. The third-order valence-electron chi connectivity index (χ3n) is 4.38. The predicted molar refractivity (Wildman–Crippen MR) is 93.8 cm³/mol. The molecule has 2 atom stereocenters. The second-order valence-electron chi connectivity index (χ2n) is 6.29. The molecule has 0 aromatic carbocycles. The summed E-state index contributed by atoms with van der Waals surface area (Å²) in [6, 6.07) is -0.845. The second-order valence-corrected chi connectivity index (χ2v) is 8.06. The summed E-state index contributed by atoms with van der Waals surface area (Å²) in [6.45, 7) is 7.62. The number of amides is 2. The van der Waals surface area contributed by atoms with E-state index in [1.807, 2.05) is 20.8 Å². The van der Waals surface area contributed by atoms with Crippen LogP contribution in [0.15, 0.2) is 4.99 Å². The van der Waals surface area contributed by atoms with Crippen molar-refractivity contribution in [2.45, 2.75) is 66.2 Å². The normalized spacial score (nSPS) is 20.9. The van der Waals surface area contributed by atoms with Crippen LogP contribution in [0.4, 0.5) is 0 Å². The van der Waals surface area contributed by atoms with Gasteiger partial charge in [-0.05, 0) is 25.2 Å². The molecule has 0 aromatic heterocycles. The van der Waals surface area contributed by atoms with E-state index in [0.29, 0.717) is 12.8 Å². The van der Waals surface area contributed by atoms with Gasteiger partial charge in [-0.2, -0.15) is 0 Å².